The maximum Gasteiger partial charge on any atom is 0.254 e. The molecule has 166 valence electrons. The van der Waals surface area contributed by atoms with Gasteiger partial charge in [0.25, 0.3) is 5.91 Å². The third-order valence-corrected chi connectivity index (χ3v) is 6.05. The molecule has 3 aromatic rings. The molecule has 2 aromatic carbocycles. The van der Waals surface area contributed by atoms with Crippen LogP contribution in [-0.4, -0.2) is 45.3 Å². The van der Waals surface area contributed by atoms with E-state index in [4.69, 9.17) is 0 Å². The van der Waals surface area contributed by atoms with Crippen LogP contribution in [-0.2, 0) is 11.3 Å². The average Bonchev–Trinajstić information content (AvgIpc) is 3.26. The van der Waals surface area contributed by atoms with Crippen molar-refractivity contribution in [2.45, 2.75) is 39.4 Å². The molecule has 0 saturated carbocycles. The number of fused-ring (bicyclic) bond motifs is 1. The lowest BCUT2D eigenvalue weighted by molar-refractivity contribution is -0.135. The van der Waals surface area contributed by atoms with Gasteiger partial charge in [0.15, 0.2) is 0 Å². The number of amides is 2. The van der Waals surface area contributed by atoms with E-state index in [-0.39, 0.29) is 30.2 Å². The predicted molar refractivity (Wildman–Crippen MR) is 122 cm³/mol. The molecule has 1 aliphatic heterocycles. The predicted octanol–water partition coefficient (Wildman–Crippen LogP) is 4.42. The van der Waals surface area contributed by atoms with Crippen LogP contribution in [0.15, 0.2) is 66.9 Å². The molecule has 5 nitrogen and oxygen atoms in total. The second-order valence-electron chi connectivity index (χ2n) is 8.53. The number of carbonyl (C=O) groups is 2. The number of carbonyl (C=O) groups excluding carboxylic acids is 2. The Morgan fingerprint density at radius 1 is 1.03 bits per heavy atom. The van der Waals surface area contributed by atoms with E-state index in [1.54, 1.807) is 40.1 Å². The molecule has 1 aromatic heterocycles. The third kappa shape index (κ3) is 4.17. The third-order valence-electron chi connectivity index (χ3n) is 6.05. The molecule has 0 aliphatic carbocycles. The lowest BCUT2D eigenvalue weighted by Crippen LogP contribution is -2.49. The maximum absolute atomic E-state index is 14.8. The van der Waals surface area contributed by atoms with Crippen LogP contribution in [0.25, 0.3) is 0 Å². The molecule has 1 atom stereocenters. The van der Waals surface area contributed by atoms with Crippen molar-refractivity contribution in [2.75, 3.05) is 13.1 Å². The van der Waals surface area contributed by atoms with Crippen molar-refractivity contribution >= 4 is 11.8 Å². The van der Waals surface area contributed by atoms with Crippen molar-refractivity contribution in [1.82, 2.24) is 14.4 Å². The van der Waals surface area contributed by atoms with Crippen molar-refractivity contribution in [3.63, 3.8) is 0 Å². The van der Waals surface area contributed by atoms with Gasteiger partial charge in [-0.2, -0.15) is 0 Å². The van der Waals surface area contributed by atoms with Gasteiger partial charge < -0.3 is 14.4 Å². The zero-order valence-corrected chi connectivity index (χ0v) is 18.7. The van der Waals surface area contributed by atoms with Gasteiger partial charge in [0.2, 0.25) is 5.91 Å². The van der Waals surface area contributed by atoms with Gasteiger partial charge in [0, 0.05) is 42.1 Å². The molecule has 6 heteroatoms. The van der Waals surface area contributed by atoms with Crippen LogP contribution in [0.2, 0.25) is 0 Å². The van der Waals surface area contributed by atoms with E-state index in [1.165, 1.54) is 6.07 Å². The molecular formula is C26H28FN3O2. The molecule has 4 rings (SSSR count). The van der Waals surface area contributed by atoms with Gasteiger partial charge in [-0.1, -0.05) is 35.9 Å². The molecule has 0 spiro atoms. The van der Waals surface area contributed by atoms with E-state index < -0.39 is 6.04 Å². The van der Waals surface area contributed by atoms with Crippen LogP contribution in [0.4, 0.5) is 4.39 Å². The van der Waals surface area contributed by atoms with Crippen molar-refractivity contribution in [3.8, 4) is 0 Å². The number of aryl methyl sites for hydroxylation is 1. The minimum absolute atomic E-state index is 0.0595. The van der Waals surface area contributed by atoms with Crippen LogP contribution >= 0.6 is 0 Å². The second kappa shape index (κ2) is 8.99. The fourth-order valence-electron chi connectivity index (χ4n) is 4.26. The zero-order valence-electron chi connectivity index (χ0n) is 18.7. The van der Waals surface area contributed by atoms with E-state index in [0.717, 1.165) is 11.3 Å². The first-order chi connectivity index (χ1) is 15.4. The molecule has 0 radical (unpaired) electrons. The number of rotatable bonds is 5. The number of nitrogens with zero attached hydrogens (tertiary/aromatic N) is 3. The molecule has 2 heterocycles. The SMILES string of the molecule is Cc1ccc(C(=O)N(CC(=O)N2CCn3cccc3[C@@H]2c2ccccc2F)C(C)C)cc1. The Kier molecular flexibility index (Phi) is 6.12. The standard InChI is InChI=1S/C26H28FN3O2/c1-18(2)30(26(32)20-12-10-19(3)11-13-20)17-24(31)29-16-15-28-14-6-9-23(28)25(29)21-7-4-5-8-22(21)27/h4-14,18,25H,15-17H2,1-3H3/t25-/m0/s1. The van der Waals surface area contributed by atoms with Gasteiger partial charge in [-0.3, -0.25) is 9.59 Å². The number of hydrogen-bond donors (Lipinski definition) is 0. The molecule has 2 amide bonds. The van der Waals surface area contributed by atoms with Crippen molar-refractivity contribution < 1.29 is 14.0 Å². The summed E-state index contributed by atoms with van der Waals surface area (Å²) in [5.41, 5.74) is 2.95. The molecule has 0 unspecified atom stereocenters. The first kappa shape index (κ1) is 21.8. The molecule has 0 fully saturated rings. The summed E-state index contributed by atoms with van der Waals surface area (Å²) >= 11 is 0. The summed E-state index contributed by atoms with van der Waals surface area (Å²) < 4.78 is 16.8. The fraction of sp³-hybridized carbons (Fsp3) is 0.308. The van der Waals surface area contributed by atoms with Gasteiger partial charge in [-0.15, -0.1) is 0 Å². The summed E-state index contributed by atoms with van der Waals surface area (Å²) in [7, 11) is 0. The minimum Gasteiger partial charge on any atom is -0.348 e. The Hall–Kier alpha value is -3.41. The molecule has 32 heavy (non-hydrogen) atoms. The van der Waals surface area contributed by atoms with E-state index >= 15 is 0 Å². The van der Waals surface area contributed by atoms with Gasteiger partial charge in [0.05, 0.1) is 0 Å². The lowest BCUT2D eigenvalue weighted by Gasteiger charge is -2.39. The largest absolute Gasteiger partial charge is 0.348 e. The van der Waals surface area contributed by atoms with Gasteiger partial charge in [-0.05, 0) is 51.1 Å². The van der Waals surface area contributed by atoms with E-state index in [2.05, 4.69) is 4.57 Å². The Labute approximate surface area is 188 Å². The van der Waals surface area contributed by atoms with E-state index in [9.17, 15) is 14.0 Å². The normalized spacial score (nSPS) is 15.5. The number of benzene rings is 2. The highest BCUT2D eigenvalue weighted by Gasteiger charge is 2.35. The highest BCUT2D eigenvalue weighted by Crippen LogP contribution is 2.34. The molecule has 0 bridgehead atoms. The maximum atomic E-state index is 14.8. The first-order valence-electron chi connectivity index (χ1n) is 10.9. The summed E-state index contributed by atoms with van der Waals surface area (Å²) in [5.74, 6) is -0.725. The topological polar surface area (TPSA) is 45.6 Å². The molecular weight excluding hydrogens is 405 g/mol. The highest BCUT2D eigenvalue weighted by atomic mass is 19.1. The van der Waals surface area contributed by atoms with Crippen LogP contribution < -0.4 is 0 Å². The average molecular weight is 434 g/mol. The van der Waals surface area contributed by atoms with Gasteiger partial charge in [-0.25, -0.2) is 4.39 Å². The molecule has 0 N–H and O–H groups in total. The second-order valence-corrected chi connectivity index (χ2v) is 8.53. The number of halogens is 1. The number of aromatic nitrogens is 1. The Morgan fingerprint density at radius 3 is 2.44 bits per heavy atom. The summed E-state index contributed by atoms with van der Waals surface area (Å²) in [6.45, 7) is 6.78. The monoisotopic (exact) mass is 433 g/mol. The van der Waals surface area contributed by atoms with E-state index in [0.29, 0.717) is 24.2 Å². The minimum atomic E-state index is -0.532. The Balaban J connectivity index is 1.63. The Morgan fingerprint density at radius 2 is 1.75 bits per heavy atom. The summed E-state index contributed by atoms with van der Waals surface area (Å²) in [6, 6.07) is 17.1. The number of hydrogen-bond acceptors (Lipinski definition) is 2. The van der Waals surface area contributed by atoms with Crippen LogP contribution in [0.5, 0.6) is 0 Å². The van der Waals surface area contributed by atoms with Crippen LogP contribution in [0, 0.1) is 12.7 Å². The van der Waals surface area contributed by atoms with Gasteiger partial charge in [0.1, 0.15) is 18.4 Å². The summed E-state index contributed by atoms with van der Waals surface area (Å²) in [5, 5.41) is 0. The van der Waals surface area contributed by atoms with Gasteiger partial charge >= 0.3 is 0 Å². The molecule has 1 aliphatic rings. The van der Waals surface area contributed by atoms with E-state index in [1.807, 2.05) is 51.2 Å². The Bertz CT molecular complexity index is 1120. The summed E-state index contributed by atoms with van der Waals surface area (Å²) in [6.07, 6.45) is 1.95. The molecule has 0 saturated heterocycles. The smallest absolute Gasteiger partial charge is 0.254 e. The summed E-state index contributed by atoms with van der Waals surface area (Å²) in [4.78, 5) is 30.0. The van der Waals surface area contributed by atoms with Crippen LogP contribution in [0.1, 0.15) is 47.1 Å². The lowest BCUT2D eigenvalue weighted by atomic mass is 9.99. The zero-order chi connectivity index (χ0) is 22.8. The highest BCUT2D eigenvalue weighted by molar-refractivity contribution is 5.96. The first-order valence-corrected chi connectivity index (χ1v) is 10.9. The quantitative estimate of drug-likeness (QED) is 0.598. The van der Waals surface area contributed by atoms with Crippen molar-refractivity contribution in [1.29, 1.82) is 0 Å². The van der Waals surface area contributed by atoms with Crippen molar-refractivity contribution in [2.24, 2.45) is 0 Å². The van der Waals surface area contributed by atoms with Crippen molar-refractivity contribution in [3.05, 3.63) is 95.1 Å². The van der Waals surface area contributed by atoms with Crippen LogP contribution in [0.3, 0.4) is 0 Å². The fourth-order valence-corrected chi connectivity index (χ4v) is 4.26.